The molecule has 2 rings (SSSR count). The summed E-state index contributed by atoms with van der Waals surface area (Å²) in [6.07, 6.45) is 3.72. The highest BCUT2D eigenvalue weighted by molar-refractivity contribution is 9.10. The van der Waals surface area contributed by atoms with E-state index in [2.05, 4.69) is 27.8 Å². The second-order valence-corrected chi connectivity index (χ2v) is 5.48. The summed E-state index contributed by atoms with van der Waals surface area (Å²) in [6.45, 7) is 2.80. The molecular weight excluding hydrogens is 326 g/mol. The molecule has 0 aliphatic carbocycles. The first-order valence-corrected chi connectivity index (χ1v) is 7.42. The van der Waals surface area contributed by atoms with Gasteiger partial charge >= 0.3 is 0 Å². The number of pyridine rings is 1. The number of aromatic nitrogens is 1. The van der Waals surface area contributed by atoms with Gasteiger partial charge in [0.05, 0.1) is 11.6 Å². The minimum absolute atomic E-state index is 0.605. The van der Waals surface area contributed by atoms with Crippen LogP contribution in [0.5, 0.6) is 5.88 Å². The maximum absolute atomic E-state index is 6.05. The van der Waals surface area contributed by atoms with Crippen LogP contribution < -0.4 is 4.74 Å². The largest absolute Gasteiger partial charge is 0.477 e. The van der Waals surface area contributed by atoms with E-state index in [0.29, 0.717) is 17.5 Å². The van der Waals surface area contributed by atoms with Gasteiger partial charge in [0.1, 0.15) is 0 Å². The molecule has 1 aromatic carbocycles. The normalized spacial score (nSPS) is 10.5. The zero-order valence-corrected chi connectivity index (χ0v) is 13.0. The first-order valence-electron chi connectivity index (χ1n) is 6.25. The Labute approximate surface area is 126 Å². The van der Waals surface area contributed by atoms with Gasteiger partial charge in [0.15, 0.2) is 0 Å². The molecule has 0 saturated carbocycles. The molecule has 0 fully saturated rings. The van der Waals surface area contributed by atoms with E-state index < -0.39 is 0 Å². The van der Waals surface area contributed by atoms with Gasteiger partial charge in [-0.1, -0.05) is 59.1 Å². The lowest BCUT2D eigenvalue weighted by Crippen LogP contribution is -2.00. The van der Waals surface area contributed by atoms with E-state index in [1.54, 1.807) is 6.20 Å². The quantitative estimate of drug-likeness (QED) is 0.685. The summed E-state index contributed by atoms with van der Waals surface area (Å²) in [4.78, 5) is 4.29. The highest BCUT2D eigenvalue weighted by atomic mass is 79.9. The molecule has 0 amide bonds. The van der Waals surface area contributed by atoms with Crippen LogP contribution in [-0.2, 0) is 0 Å². The van der Waals surface area contributed by atoms with E-state index in [9.17, 15) is 0 Å². The lowest BCUT2D eigenvalue weighted by molar-refractivity contribution is 0.299. The van der Waals surface area contributed by atoms with E-state index in [1.165, 1.54) is 0 Å². The van der Waals surface area contributed by atoms with Crippen molar-refractivity contribution in [1.82, 2.24) is 4.98 Å². The minimum atomic E-state index is 0.605. The number of unbranched alkanes of at least 4 members (excludes halogenated alkanes) is 1. The van der Waals surface area contributed by atoms with Crippen molar-refractivity contribution in [3.05, 3.63) is 46.0 Å². The van der Waals surface area contributed by atoms with Crippen molar-refractivity contribution in [3.63, 3.8) is 0 Å². The number of nitrogens with zero attached hydrogens (tertiary/aromatic N) is 1. The third kappa shape index (κ3) is 3.71. The average Bonchev–Trinajstić information content (AvgIpc) is 2.41. The van der Waals surface area contributed by atoms with Crippen LogP contribution in [0.3, 0.4) is 0 Å². The second-order valence-electron chi connectivity index (χ2n) is 4.19. The molecule has 0 bridgehead atoms. The van der Waals surface area contributed by atoms with Crippen LogP contribution >= 0.6 is 27.5 Å². The standard InChI is InChI=1S/C15H15BrClNO/c1-2-3-8-19-15-13(9-11(17)10-18-15)12-6-4-5-7-14(12)16/h4-7,9-10H,2-3,8H2,1H3. The summed E-state index contributed by atoms with van der Waals surface area (Å²) in [5.41, 5.74) is 1.94. The van der Waals surface area contributed by atoms with Gasteiger partial charge in [-0.2, -0.15) is 0 Å². The maximum Gasteiger partial charge on any atom is 0.221 e. The van der Waals surface area contributed by atoms with Crippen LogP contribution in [0.1, 0.15) is 19.8 Å². The first-order chi connectivity index (χ1) is 9.22. The predicted molar refractivity (Wildman–Crippen MR) is 82.8 cm³/mol. The Kier molecular flexibility index (Phi) is 5.23. The van der Waals surface area contributed by atoms with E-state index in [0.717, 1.165) is 28.4 Å². The van der Waals surface area contributed by atoms with E-state index in [-0.39, 0.29) is 0 Å². The molecule has 0 aliphatic heterocycles. The van der Waals surface area contributed by atoms with Crippen molar-refractivity contribution in [1.29, 1.82) is 0 Å². The van der Waals surface area contributed by atoms with Crippen molar-refractivity contribution < 1.29 is 4.74 Å². The van der Waals surface area contributed by atoms with Crippen LogP contribution in [0.15, 0.2) is 41.0 Å². The smallest absolute Gasteiger partial charge is 0.221 e. The Morgan fingerprint density at radius 3 is 2.79 bits per heavy atom. The van der Waals surface area contributed by atoms with Gasteiger partial charge in [0.25, 0.3) is 0 Å². The van der Waals surface area contributed by atoms with Crippen LogP contribution in [0.2, 0.25) is 5.02 Å². The summed E-state index contributed by atoms with van der Waals surface area (Å²) >= 11 is 9.59. The fourth-order valence-electron chi connectivity index (χ4n) is 1.73. The molecule has 0 saturated heterocycles. The molecule has 0 aliphatic rings. The number of hydrogen-bond acceptors (Lipinski definition) is 2. The molecule has 0 unspecified atom stereocenters. The Hall–Kier alpha value is -1.06. The van der Waals surface area contributed by atoms with Crippen LogP contribution in [0.25, 0.3) is 11.1 Å². The lowest BCUT2D eigenvalue weighted by atomic mass is 10.1. The fourth-order valence-corrected chi connectivity index (χ4v) is 2.38. The minimum Gasteiger partial charge on any atom is -0.477 e. The monoisotopic (exact) mass is 339 g/mol. The Bertz CT molecular complexity index is 560. The number of halogens is 2. The highest BCUT2D eigenvalue weighted by Gasteiger charge is 2.11. The van der Waals surface area contributed by atoms with Gasteiger partial charge in [-0.05, 0) is 18.6 Å². The zero-order valence-electron chi connectivity index (χ0n) is 10.7. The van der Waals surface area contributed by atoms with Crippen LogP contribution in [0, 0.1) is 0 Å². The molecule has 2 aromatic rings. The van der Waals surface area contributed by atoms with Crippen molar-refractivity contribution in [2.45, 2.75) is 19.8 Å². The number of hydrogen-bond donors (Lipinski definition) is 0. The Morgan fingerprint density at radius 2 is 2.05 bits per heavy atom. The Balaban J connectivity index is 2.37. The molecule has 1 heterocycles. The SMILES string of the molecule is CCCCOc1ncc(Cl)cc1-c1ccccc1Br. The average molecular weight is 341 g/mol. The van der Waals surface area contributed by atoms with Crippen LogP contribution in [0.4, 0.5) is 0 Å². The lowest BCUT2D eigenvalue weighted by Gasteiger charge is -2.11. The topological polar surface area (TPSA) is 22.1 Å². The Morgan fingerprint density at radius 1 is 1.26 bits per heavy atom. The molecule has 4 heteroatoms. The number of rotatable bonds is 5. The molecule has 1 aromatic heterocycles. The van der Waals surface area contributed by atoms with Crippen LogP contribution in [-0.4, -0.2) is 11.6 Å². The van der Waals surface area contributed by atoms with Crippen molar-refractivity contribution in [2.24, 2.45) is 0 Å². The predicted octanol–water partition coefficient (Wildman–Crippen LogP) is 5.34. The zero-order chi connectivity index (χ0) is 13.7. The highest BCUT2D eigenvalue weighted by Crippen LogP contribution is 2.35. The molecule has 0 N–H and O–H groups in total. The molecule has 100 valence electrons. The number of ether oxygens (including phenoxy) is 1. The van der Waals surface area contributed by atoms with Crippen molar-refractivity contribution in [3.8, 4) is 17.0 Å². The van der Waals surface area contributed by atoms with Gasteiger partial charge in [0, 0.05) is 21.8 Å². The summed E-state index contributed by atoms with van der Waals surface area (Å²) in [5, 5.41) is 0.605. The van der Waals surface area contributed by atoms with E-state index >= 15 is 0 Å². The van der Waals surface area contributed by atoms with Crippen molar-refractivity contribution >= 4 is 27.5 Å². The third-order valence-electron chi connectivity index (χ3n) is 2.72. The molecule has 19 heavy (non-hydrogen) atoms. The summed E-state index contributed by atoms with van der Waals surface area (Å²) in [6, 6.07) is 9.85. The summed E-state index contributed by atoms with van der Waals surface area (Å²) < 4.78 is 6.75. The fraction of sp³-hybridized carbons (Fsp3) is 0.267. The summed E-state index contributed by atoms with van der Waals surface area (Å²) in [5.74, 6) is 0.629. The molecule has 2 nitrogen and oxygen atoms in total. The van der Waals surface area contributed by atoms with E-state index in [1.807, 2.05) is 30.3 Å². The van der Waals surface area contributed by atoms with Gasteiger partial charge in [-0.25, -0.2) is 4.98 Å². The first kappa shape index (κ1) is 14.4. The summed E-state index contributed by atoms with van der Waals surface area (Å²) in [7, 11) is 0. The molecular formula is C15H15BrClNO. The van der Waals surface area contributed by atoms with Gasteiger partial charge in [-0.3, -0.25) is 0 Å². The van der Waals surface area contributed by atoms with Gasteiger partial charge in [0.2, 0.25) is 5.88 Å². The molecule has 0 spiro atoms. The third-order valence-corrected chi connectivity index (χ3v) is 3.62. The van der Waals surface area contributed by atoms with E-state index in [4.69, 9.17) is 16.3 Å². The van der Waals surface area contributed by atoms with Crippen molar-refractivity contribution in [2.75, 3.05) is 6.61 Å². The van der Waals surface area contributed by atoms with Gasteiger partial charge < -0.3 is 4.74 Å². The maximum atomic E-state index is 6.05. The molecule has 0 radical (unpaired) electrons. The second kappa shape index (κ2) is 6.92. The number of benzene rings is 1. The molecule has 0 atom stereocenters. The van der Waals surface area contributed by atoms with Gasteiger partial charge in [-0.15, -0.1) is 0 Å².